The molecule has 0 aliphatic heterocycles. The predicted molar refractivity (Wildman–Crippen MR) is 68.8 cm³/mol. The number of rotatable bonds is 0. The van der Waals surface area contributed by atoms with Crippen LogP contribution < -0.4 is 5.56 Å². The van der Waals surface area contributed by atoms with Crippen LogP contribution >= 0.6 is 23.6 Å². The average Bonchev–Trinajstić information content (AvgIpc) is 2.54. The maximum atomic E-state index is 11.9. The van der Waals surface area contributed by atoms with Crippen molar-refractivity contribution in [3.63, 3.8) is 0 Å². The van der Waals surface area contributed by atoms with Crippen molar-refractivity contribution in [3.8, 4) is 0 Å². The van der Waals surface area contributed by atoms with E-state index in [9.17, 15) is 4.79 Å². The van der Waals surface area contributed by atoms with Crippen LogP contribution in [0.5, 0.6) is 0 Å². The summed E-state index contributed by atoms with van der Waals surface area (Å²) < 4.78 is 0.421. The first-order valence-electron chi connectivity index (χ1n) is 5.42. The summed E-state index contributed by atoms with van der Waals surface area (Å²) in [6, 6.07) is 0. The smallest absolute Gasteiger partial charge is 0.260 e. The van der Waals surface area contributed by atoms with Crippen molar-refractivity contribution >= 4 is 33.8 Å². The number of thiophene rings is 1. The lowest BCUT2D eigenvalue weighted by atomic mass is 9.89. The molecule has 2 heterocycles. The van der Waals surface area contributed by atoms with E-state index in [0.29, 0.717) is 10.7 Å². The Kier molecular flexibility index (Phi) is 2.26. The zero-order chi connectivity index (χ0) is 11.3. The van der Waals surface area contributed by atoms with Crippen LogP contribution in [-0.2, 0) is 12.8 Å². The number of fused-ring (bicyclic) bond motifs is 3. The fourth-order valence-electron chi connectivity index (χ4n) is 2.39. The van der Waals surface area contributed by atoms with Gasteiger partial charge in [-0.2, -0.15) is 0 Å². The molecule has 84 valence electrons. The van der Waals surface area contributed by atoms with Crippen LogP contribution in [0.1, 0.15) is 23.8 Å². The van der Waals surface area contributed by atoms with Crippen LogP contribution in [0.4, 0.5) is 0 Å². The Morgan fingerprint density at radius 1 is 1.44 bits per heavy atom. The summed E-state index contributed by atoms with van der Waals surface area (Å²) in [6.45, 7) is 2.24. The molecule has 5 heteroatoms. The van der Waals surface area contributed by atoms with E-state index in [1.54, 1.807) is 11.3 Å². The second kappa shape index (κ2) is 3.53. The van der Waals surface area contributed by atoms with Crippen LogP contribution in [0, 0.1) is 10.7 Å². The zero-order valence-corrected chi connectivity index (χ0v) is 10.6. The zero-order valence-electron chi connectivity index (χ0n) is 8.92. The molecule has 0 saturated heterocycles. The van der Waals surface area contributed by atoms with Gasteiger partial charge in [-0.05, 0) is 43.0 Å². The molecule has 0 radical (unpaired) electrons. The third kappa shape index (κ3) is 1.46. The average molecular weight is 252 g/mol. The van der Waals surface area contributed by atoms with E-state index >= 15 is 0 Å². The Bertz CT molecular complexity index is 665. The largest absolute Gasteiger partial charge is 0.323 e. The minimum Gasteiger partial charge on any atom is -0.323 e. The van der Waals surface area contributed by atoms with Gasteiger partial charge in [-0.25, -0.2) is 0 Å². The number of aromatic nitrogens is 2. The maximum Gasteiger partial charge on any atom is 0.260 e. The van der Waals surface area contributed by atoms with E-state index < -0.39 is 0 Å². The number of H-pyrrole nitrogens is 2. The maximum absolute atomic E-state index is 11.9. The first kappa shape index (κ1) is 10.2. The third-order valence-corrected chi connectivity index (χ3v) is 4.60. The highest BCUT2D eigenvalue weighted by atomic mass is 32.1. The first-order valence-corrected chi connectivity index (χ1v) is 6.64. The summed E-state index contributed by atoms with van der Waals surface area (Å²) in [5.41, 5.74) is 1.21. The molecular formula is C11H12N2OS2. The minimum atomic E-state index is -0.0367. The number of hydrogen-bond donors (Lipinski definition) is 2. The quantitative estimate of drug-likeness (QED) is 0.708. The van der Waals surface area contributed by atoms with Crippen molar-refractivity contribution in [3.05, 3.63) is 25.6 Å². The van der Waals surface area contributed by atoms with Gasteiger partial charge < -0.3 is 4.98 Å². The van der Waals surface area contributed by atoms with Crippen LogP contribution in [0.25, 0.3) is 10.2 Å². The van der Waals surface area contributed by atoms with E-state index in [-0.39, 0.29) is 5.56 Å². The van der Waals surface area contributed by atoms with Crippen molar-refractivity contribution in [1.82, 2.24) is 9.97 Å². The molecule has 0 saturated carbocycles. The van der Waals surface area contributed by atoms with Crippen LogP contribution in [0.2, 0.25) is 0 Å². The Morgan fingerprint density at radius 2 is 2.25 bits per heavy atom. The summed E-state index contributed by atoms with van der Waals surface area (Å²) in [4.78, 5) is 20.0. The van der Waals surface area contributed by atoms with Crippen LogP contribution in [-0.4, -0.2) is 9.97 Å². The molecule has 2 N–H and O–H groups in total. The number of hydrogen-bond acceptors (Lipinski definition) is 3. The Labute approximate surface area is 102 Å². The molecule has 0 spiro atoms. The fourth-order valence-corrected chi connectivity index (χ4v) is 3.89. The van der Waals surface area contributed by atoms with Gasteiger partial charge in [-0.1, -0.05) is 6.92 Å². The standard InChI is InChI=1S/C11H12N2OS2/c1-5-2-3-7-6(4-5)8-9(14)12-11(15)13-10(8)16-7/h5H,2-4H2,1H3,(H2,12,13,14,15)/t5-/m0/s1. The van der Waals surface area contributed by atoms with Crippen LogP contribution in [0.15, 0.2) is 4.79 Å². The molecular weight excluding hydrogens is 240 g/mol. The lowest BCUT2D eigenvalue weighted by Gasteiger charge is -2.17. The second-order valence-electron chi connectivity index (χ2n) is 4.46. The van der Waals surface area contributed by atoms with E-state index in [1.807, 2.05) is 0 Å². The van der Waals surface area contributed by atoms with Gasteiger partial charge in [0, 0.05) is 4.88 Å². The molecule has 0 amide bonds. The van der Waals surface area contributed by atoms with Crippen molar-refractivity contribution in [2.45, 2.75) is 26.2 Å². The summed E-state index contributed by atoms with van der Waals surface area (Å²) in [5.74, 6) is 0.674. The molecule has 0 fully saturated rings. The van der Waals surface area contributed by atoms with Gasteiger partial charge in [-0.15, -0.1) is 11.3 Å². The SMILES string of the molecule is C[C@H]1CCc2sc3[nH]c(=S)[nH]c(=O)c3c2C1. The molecule has 1 aliphatic rings. The van der Waals surface area contributed by atoms with Gasteiger partial charge in [0.25, 0.3) is 5.56 Å². The molecule has 1 atom stereocenters. The van der Waals surface area contributed by atoms with Gasteiger partial charge in [0.15, 0.2) is 4.77 Å². The predicted octanol–water partition coefficient (Wildman–Crippen LogP) is 2.77. The summed E-state index contributed by atoms with van der Waals surface area (Å²) >= 11 is 6.67. The molecule has 2 aromatic rings. The normalized spacial score (nSPS) is 19.9. The Balaban J connectivity index is 2.39. The van der Waals surface area contributed by atoms with Gasteiger partial charge in [0.05, 0.1) is 5.39 Å². The highest BCUT2D eigenvalue weighted by Gasteiger charge is 2.22. The molecule has 0 bridgehead atoms. The highest BCUT2D eigenvalue weighted by molar-refractivity contribution is 7.71. The van der Waals surface area contributed by atoms with E-state index in [1.165, 1.54) is 16.9 Å². The number of nitrogens with one attached hydrogen (secondary N) is 2. The molecule has 3 rings (SSSR count). The van der Waals surface area contributed by atoms with Gasteiger partial charge in [-0.3, -0.25) is 9.78 Å². The topological polar surface area (TPSA) is 48.6 Å². The Morgan fingerprint density at radius 3 is 3.06 bits per heavy atom. The van der Waals surface area contributed by atoms with Gasteiger partial charge >= 0.3 is 0 Å². The van der Waals surface area contributed by atoms with Crippen molar-refractivity contribution in [2.75, 3.05) is 0 Å². The molecule has 3 nitrogen and oxygen atoms in total. The van der Waals surface area contributed by atoms with E-state index in [0.717, 1.165) is 23.1 Å². The third-order valence-electron chi connectivity index (χ3n) is 3.19. The van der Waals surface area contributed by atoms with Crippen molar-refractivity contribution in [1.29, 1.82) is 0 Å². The van der Waals surface area contributed by atoms with Crippen LogP contribution in [0.3, 0.4) is 0 Å². The minimum absolute atomic E-state index is 0.0367. The molecule has 0 aromatic carbocycles. The Hall–Kier alpha value is -0.940. The number of aryl methyl sites for hydroxylation is 1. The highest BCUT2D eigenvalue weighted by Crippen LogP contribution is 2.35. The monoisotopic (exact) mass is 252 g/mol. The lowest BCUT2D eigenvalue weighted by Crippen LogP contribution is -2.13. The summed E-state index contributed by atoms with van der Waals surface area (Å²) in [7, 11) is 0. The second-order valence-corrected chi connectivity index (χ2v) is 5.98. The molecule has 1 aliphatic carbocycles. The fraction of sp³-hybridized carbons (Fsp3) is 0.455. The lowest BCUT2D eigenvalue weighted by molar-refractivity contribution is 0.508. The summed E-state index contributed by atoms with van der Waals surface area (Å²) in [5, 5.41) is 0.833. The van der Waals surface area contributed by atoms with Crippen molar-refractivity contribution in [2.24, 2.45) is 5.92 Å². The summed E-state index contributed by atoms with van der Waals surface area (Å²) in [6.07, 6.45) is 3.33. The van der Waals surface area contributed by atoms with Crippen molar-refractivity contribution < 1.29 is 0 Å². The molecule has 16 heavy (non-hydrogen) atoms. The number of aromatic amines is 2. The first-order chi connectivity index (χ1) is 7.65. The molecule has 2 aromatic heterocycles. The van der Waals surface area contributed by atoms with E-state index in [4.69, 9.17) is 12.2 Å². The molecule has 0 unspecified atom stereocenters. The van der Waals surface area contributed by atoms with E-state index in [2.05, 4.69) is 16.9 Å². The van der Waals surface area contributed by atoms with Gasteiger partial charge in [0.1, 0.15) is 4.83 Å². The van der Waals surface area contributed by atoms with Gasteiger partial charge in [0.2, 0.25) is 0 Å².